The van der Waals surface area contributed by atoms with Crippen molar-refractivity contribution in [3.63, 3.8) is 0 Å². The van der Waals surface area contributed by atoms with E-state index in [1.54, 1.807) is 0 Å². The van der Waals surface area contributed by atoms with Crippen molar-refractivity contribution in [3.05, 3.63) is 150 Å². The summed E-state index contributed by atoms with van der Waals surface area (Å²) in [6, 6.07) is 48.9. The molecular formula is C46H57NO3P+. The molecule has 5 aromatic rings. The summed E-state index contributed by atoms with van der Waals surface area (Å²) in [7, 11) is 4.53. The molecule has 268 valence electrons. The predicted octanol–water partition coefficient (Wildman–Crippen LogP) is 8.56. The quantitative estimate of drug-likeness (QED) is 0.0521. The van der Waals surface area contributed by atoms with Gasteiger partial charge in [0.15, 0.2) is 0 Å². The van der Waals surface area contributed by atoms with E-state index in [-0.39, 0.29) is 0 Å². The normalized spacial score (nSPS) is 13.9. The molecule has 0 amide bonds. The van der Waals surface area contributed by atoms with Gasteiger partial charge in [-0.2, -0.15) is 0 Å². The monoisotopic (exact) mass is 702 g/mol. The first-order valence-electron chi connectivity index (χ1n) is 18.9. The van der Waals surface area contributed by atoms with Gasteiger partial charge in [-0.25, -0.2) is 0 Å². The third-order valence-electron chi connectivity index (χ3n) is 10.9. The van der Waals surface area contributed by atoms with Crippen LogP contribution in [-0.2, 0) is 24.1 Å². The fourth-order valence-electron chi connectivity index (χ4n) is 7.82. The number of hydrogen-bond acceptors (Lipinski definition) is 3. The Morgan fingerprint density at radius 3 is 1.71 bits per heavy atom. The van der Waals surface area contributed by atoms with E-state index < -0.39 is 6.60 Å². The van der Waals surface area contributed by atoms with Gasteiger partial charge in [-0.1, -0.05) is 6.07 Å². The molecule has 6 rings (SSSR count). The predicted molar refractivity (Wildman–Crippen MR) is 217 cm³/mol. The number of aryl methyl sites for hydroxylation is 2. The van der Waals surface area contributed by atoms with Crippen LogP contribution in [0.25, 0.3) is 0 Å². The van der Waals surface area contributed by atoms with Gasteiger partial charge in [-0.15, -0.1) is 0 Å². The summed E-state index contributed by atoms with van der Waals surface area (Å²) in [5.41, 5.74) is 4.25. The molecule has 4 nitrogen and oxygen atoms in total. The second kappa shape index (κ2) is 17.0. The minimum absolute atomic E-state index is 0.586. The van der Waals surface area contributed by atoms with Crippen LogP contribution in [0.1, 0.15) is 42.4 Å². The molecule has 51 heavy (non-hydrogen) atoms. The SMILES string of the molecule is C[N+](C)(CCOCCOc1ccc2c(c1)CCCC2)Cc1ccc(OCCCCP(C)(c2ccccc2)(c2ccccc2)c2ccccc2)cc1. The molecule has 0 heterocycles. The molecular weight excluding hydrogens is 645 g/mol. The van der Waals surface area contributed by atoms with Crippen molar-refractivity contribution < 1.29 is 18.7 Å². The second-order valence-electron chi connectivity index (χ2n) is 15.1. The number of nitrogens with zero attached hydrogens (tertiary/aromatic N) is 1. The number of benzene rings is 5. The molecule has 0 bridgehead atoms. The van der Waals surface area contributed by atoms with Crippen molar-refractivity contribution in [2.75, 3.05) is 59.9 Å². The molecule has 1 aliphatic rings. The fourth-order valence-corrected chi connectivity index (χ4v) is 13.4. The van der Waals surface area contributed by atoms with Crippen LogP contribution < -0.4 is 25.4 Å². The number of rotatable bonds is 18. The van der Waals surface area contributed by atoms with Crippen LogP contribution in [0.4, 0.5) is 0 Å². The first-order valence-corrected chi connectivity index (χ1v) is 21.7. The van der Waals surface area contributed by atoms with Gasteiger partial charge >= 0.3 is 218 Å². The van der Waals surface area contributed by atoms with Gasteiger partial charge < -0.3 is 9.47 Å². The van der Waals surface area contributed by atoms with Gasteiger partial charge in [0.25, 0.3) is 0 Å². The topological polar surface area (TPSA) is 27.7 Å². The van der Waals surface area contributed by atoms with E-state index in [1.165, 1.54) is 58.3 Å². The van der Waals surface area contributed by atoms with Gasteiger partial charge in [-0.3, -0.25) is 0 Å². The summed E-state index contributed by atoms with van der Waals surface area (Å²) in [6.07, 6.45) is 8.15. The first kappa shape index (κ1) is 36.8. The number of hydrogen-bond donors (Lipinski definition) is 0. The summed E-state index contributed by atoms with van der Waals surface area (Å²) in [4.78, 5) is 0. The average molecular weight is 703 g/mol. The van der Waals surface area contributed by atoms with E-state index >= 15 is 0 Å². The van der Waals surface area contributed by atoms with Crippen LogP contribution in [0, 0.1) is 0 Å². The van der Waals surface area contributed by atoms with E-state index in [0.29, 0.717) is 26.4 Å². The van der Waals surface area contributed by atoms with E-state index in [9.17, 15) is 0 Å². The first-order chi connectivity index (χ1) is 24.8. The van der Waals surface area contributed by atoms with Gasteiger partial charge in [0, 0.05) is 0 Å². The zero-order valence-corrected chi connectivity index (χ0v) is 31.9. The number of unbranched alkanes of at least 4 members (excludes halogenated alkanes) is 1. The van der Waals surface area contributed by atoms with E-state index in [0.717, 1.165) is 48.1 Å². The van der Waals surface area contributed by atoms with Crippen molar-refractivity contribution in [1.29, 1.82) is 0 Å². The molecule has 0 atom stereocenters. The van der Waals surface area contributed by atoms with Crippen molar-refractivity contribution in [2.24, 2.45) is 0 Å². The molecule has 0 saturated carbocycles. The maximum atomic E-state index is 6.30. The minimum atomic E-state index is -2.71. The molecule has 5 heteroatoms. The van der Waals surface area contributed by atoms with Crippen molar-refractivity contribution in [3.8, 4) is 11.5 Å². The standard InChI is InChI=1S/C46H57NO3P/c1-47(2,31-33-48-34-35-50-43-30-27-40-17-13-14-18-41(40)37-43)38-39-25-28-42(29-26-39)49-32-15-16-36-51(3,44-19-7-4-8-20-44,45-21-9-5-10-22-45)46-23-11-6-12-24-46/h4-12,19-30,37H,13-18,31-36,38H2,1-3H3/q+1. The zero-order valence-electron chi connectivity index (χ0n) is 31.0. The van der Waals surface area contributed by atoms with Crippen LogP contribution in [0.15, 0.2) is 133 Å². The Bertz CT molecular complexity index is 1690. The summed E-state index contributed by atoms with van der Waals surface area (Å²) in [5.74, 6) is 1.91. The van der Waals surface area contributed by atoms with Gasteiger partial charge in [0.05, 0.1) is 13.2 Å². The van der Waals surface area contributed by atoms with Crippen LogP contribution in [0.5, 0.6) is 11.5 Å². The molecule has 0 fully saturated rings. The Morgan fingerprint density at radius 2 is 1.10 bits per heavy atom. The van der Waals surface area contributed by atoms with E-state index in [4.69, 9.17) is 14.2 Å². The summed E-state index contributed by atoms with van der Waals surface area (Å²) >= 11 is 0. The Hall–Kier alpha value is -3.95. The van der Waals surface area contributed by atoms with E-state index in [1.807, 2.05) is 0 Å². The van der Waals surface area contributed by atoms with Gasteiger partial charge in [0.1, 0.15) is 12.4 Å². The molecule has 0 unspecified atom stereocenters. The van der Waals surface area contributed by atoms with Gasteiger partial charge in [0.2, 0.25) is 0 Å². The van der Waals surface area contributed by atoms with Crippen molar-refractivity contribution in [2.45, 2.75) is 45.1 Å². The molecule has 5 aromatic carbocycles. The maximum absolute atomic E-state index is 6.30. The van der Waals surface area contributed by atoms with Gasteiger partial charge in [-0.05, 0) is 48.9 Å². The zero-order chi connectivity index (χ0) is 35.4. The summed E-state index contributed by atoms with van der Waals surface area (Å²) < 4.78 is 19.1. The molecule has 0 spiro atoms. The van der Waals surface area contributed by atoms with E-state index in [2.05, 4.69) is 154 Å². The molecule has 0 aromatic heterocycles. The Kier molecular flexibility index (Phi) is 12.3. The summed E-state index contributed by atoms with van der Waals surface area (Å²) in [6.45, 7) is 4.34. The molecule has 1 aliphatic carbocycles. The second-order valence-corrected chi connectivity index (χ2v) is 20.7. The fraction of sp³-hybridized carbons (Fsp3) is 0.348. The third kappa shape index (κ3) is 9.11. The molecule has 0 aliphatic heterocycles. The molecule has 0 N–H and O–H groups in total. The van der Waals surface area contributed by atoms with Crippen LogP contribution in [0.3, 0.4) is 0 Å². The Morgan fingerprint density at radius 1 is 0.549 bits per heavy atom. The number of ether oxygens (including phenoxy) is 3. The Balaban J connectivity index is 0.957. The number of quaternary nitrogens is 1. The Labute approximate surface area is 306 Å². The number of likely N-dealkylation sites (N-methyl/N-ethyl adjacent to an activating group) is 1. The number of fused-ring (bicyclic) bond motifs is 1. The third-order valence-corrected chi connectivity index (χ3v) is 17.5. The average Bonchev–Trinajstić information content (AvgIpc) is 3.17. The van der Waals surface area contributed by atoms with Crippen LogP contribution in [-0.4, -0.2) is 64.4 Å². The molecule has 0 saturated heterocycles. The summed E-state index contributed by atoms with van der Waals surface area (Å²) in [5, 5.41) is 4.33. The van der Waals surface area contributed by atoms with Crippen LogP contribution >= 0.6 is 6.60 Å². The van der Waals surface area contributed by atoms with Crippen molar-refractivity contribution in [1.82, 2.24) is 0 Å². The van der Waals surface area contributed by atoms with Crippen molar-refractivity contribution >= 4 is 22.5 Å². The van der Waals surface area contributed by atoms with Crippen LogP contribution in [0.2, 0.25) is 0 Å². The molecule has 0 radical (unpaired) electrons.